The van der Waals surface area contributed by atoms with Gasteiger partial charge in [0.2, 0.25) is 12.7 Å². The molecule has 1 atom stereocenters. The van der Waals surface area contributed by atoms with Crippen molar-refractivity contribution in [1.29, 1.82) is 5.26 Å². The zero-order chi connectivity index (χ0) is 18.0. The number of nitrogens with two attached hydrogens (primary N) is 1. The summed E-state index contributed by atoms with van der Waals surface area (Å²) in [5.74, 6) is 0.0705. The Labute approximate surface area is 144 Å². The van der Waals surface area contributed by atoms with Crippen molar-refractivity contribution in [3.63, 3.8) is 0 Å². The molecule has 1 aromatic carbocycles. The molecule has 0 spiro atoms. The second-order valence-electron chi connectivity index (χ2n) is 5.39. The van der Waals surface area contributed by atoms with Crippen LogP contribution in [0.2, 0.25) is 0 Å². The number of nitrogens with zero attached hydrogens (tertiary/aromatic N) is 1. The van der Waals surface area contributed by atoms with E-state index in [1.807, 2.05) is 6.07 Å². The summed E-state index contributed by atoms with van der Waals surface area (Å²) in [7, 11) is 0. The molecule has 0 saturated heterocycles. The van der Waals surface area contributed by atoms with Crippen LogP contribution in [0.3, 0.4) is 0 Å². The molecular formula is C18H16N2O5. The molecule has 0 unspecified atom stereocenters. The van der Waals surface area contributed by atoms with Gasteiger partial charge in [-0.15, -0.1) is 0 Å². The van der Waals surface area contributed by atoms with Gasteiger partial charge >= 0.3 is 5.97 Å². The topological polar surface area (TPSA) is 104 Å². The monoisotopic (exact) mass is 340 g/mol. The molecule has 0 bridgehead atoms. The highest BCUT2D eigenvalue weighted by Crippen LogP contribution is 2.43. The fourth-order valence-corrected chi connectivity index (χ4v) is 2.78. The third-order valence-electron chi connectivity index (χ3n) is 3.89. The number of carbonyl (C=O) groups excluding carboxylic acids is 1. The smallest absolute Gasteiger partial charge is 0.338 e. The molecule has 2 aliphatic heterocycles. The molecule has 0 aliphatic carbocycles. The lowest BCUT2D eigenvalue weighted by atomic mass is 9.83. The molecule has 128 valence electrons. The number of nitriles is 1. The summed E-state index contributed by atoms with van der Waals surface area (Å²) in [6, 6.07) is 7.22. The van der Waals surface area contributed by atoms with Crippen molar-refractivity contribution in [3.05, 3.63) is 59.2 Å². The Balaban J connectivity index is 2.09. The lowest BCUT2D eigenvalue weighted by Crippen LogP contribution is -2.25. The van der Waals surface area contributed by atoms with Gasteiger partial charge in [-0.1, -0.05) is 18.7 Å². The molecule has 2 heterocycles. The summed E-state index contributed by atoms with van der Waals surface area (Å²) in [5, 5.41) is 9.53. The number of carbonyl (C=O) groups is 1. The fourth-order valence-electron chi connectivity index (χ4n) is 2.78. The van der Waals surface area contributed by atoms with Crippen molar-refractivity contribution >= 4 is 5.97 Å². The predicted molar refractivity (Wildman–Crippen MR) is 87.1 cm³/mol. The van der Waals surface area contributed by atoms with E-state index in [2.05, 4.69) is 6.58 Å². The van der Waals surface area contributed by atoms with Crippen LogP contribution in [0, 0.1) is 11.3 Å². The molecule has 3 rings (SSSR count). The number of hydrogen-bond donors (Lipinski definition) is 1. The van der Waals surface area contributed by atoms with E-state index >= 15 is 0 Å². The second-order valence-corrected chi connectivity index (χ2v) is 5.39. The van der Waals surface area contributed by atoms with Crippen LogP contribution in [0.4, 0.5) is 0 Å². The van der Waals surface area contributed by atoms with Crippen LogP contribution < -0.4 is 15.2 Å². The molecule has 0 saturated carbocycles. The van der Waals surface area contributed by atoms with Gasteiger partial charge in [-0.3, -0.25) is 0 Å². The van der Waals surface area contributed by atoms with Crippen molar-refractivity contribution in [3.8, 4) is 17.6 Å². The van der Waals surface area contributed by atoms with Crippen LogP contribution >= 0.6 is 0 Å². The SMILES string of the molecule is C=CCOC(=O)C1=C(C)OC(N)=C(C#N)[C@@H]1c1ccc2c(c1)OCO2. The van der Waals surface area contributed by atoms with E-state index in [0.717, 1.165) is 0 Å². The summed E-state index contributed by atoms with van der Waals surface area (Å²) < 4.78 is 21.2. The molecule has 7 nitrogen and oxygen atoms in total. The van der Waals surface area contributed by atoms with Gasteiger partial charge in [0, 0.05) is 0 Å². The van der Waals surface area contributed by atoms with Crippen molar-refractivity contribution in [2.24, 2.45) is 5.73 Å². The molecule has 7 heteroatoms. The molecule has 2 aliphatic rings. The Morgan fingerprint density at radius 3 is 2.96 bits per heavy atom. The van der Waals surface area contributed by atoms with E-state index < -0.39 is 11.9 Å². The first-order valence-electron chi connectivity index (χ1n) is 7.52. The molecule has 0 amide bonds. The van der Waals surface area contributed by atoms with E-state index in [-0.39, 0.29) is 36.2 Å². The Hall–Kier alpha value is -3.40. The minimum atomic E-state index is -0.717. The standard InChI is InChI=1S/C18H16N2O5/c1-3-6-22-18(21)15-10(2)25-17(20)12(8-19)16(15)11-4-5-13-14(7-11)24-9-23-13/h3-5,7,16H,1,6,9,20H2,2H3/t16-/m0/s1. The minimum Gasteiger partial charge on any atom is -0.458 e. The van der Waals surface area contributed by atoms with Gasteiger partial charge in [0.15, 0.2) is 11.5 Å². The van der Waals surface area contributed by atoms with Crippen molar-refractivity contribution in [2.75, 3.05) is 13.4 Å². The number of rotatable bonds is 4. The summed E-state index contributed by atoms with van der Waals surface area (Å²) in [6.45, 7) is 5.29. The van der Waals surface area contributed by atoms with E-state index in [9.17, 15) is 10.1 Å². The zero-order valence-corrected chi connectivity index (χ0v) is 13.6. The normalized spacial score (nSPS) is 18.5. The average Bonchev–Trinajstić information content (AvgIpc) is 3.06. The molecule has 0 aromatic heterocycles. The third kappa shape index (κ3) is 2.90. The highest BCUT2D eigenvalue weighted by molar-refractivity contribution is 5.92. The van der Waals surface area contributed by atoms with Crippen LogP contribution in [-0.2, 0) is 14.3 Å². The van der Waals surface area contributed by atoms with Gasteiger partial charge in [0.05, 0.1) is 11.5 Å². The van der Waals surface area contributed by atoms with Gasteiger partial charge in [0.25, 0.3) is 0 Å². The van der Waals surface area contributed by atoms with E-state index in [1.165, 1.54) is 6.08 Å². The first-order valence-corrected chi connectivity index (χ1v) is 7.52. The minimum absolute atomic E-state index is 0.0389. The lowest BCUT2D eigenvalue weighted by molar-refractivity contribution is -0.138. The first kappa shape index (κ1) is 16.5. The summed E-state index contributed by atoms with van der Waals surface area (Å²) >= 11 is 0. The lowest BCUT2D eigenvalue weighted by Gasteiger charge is -2.26. The van der Waals surface area contributed by atoms with Crippen LogP contribution in [0.1, 0.15) is 18.4 Å². The van der Waals surface area contributed by atoms with E-state index in [1.54, 1.807) is 25.1 Å². The Morgan fingerprint density at radius 2 is 2.24 bits per heavy atom. The molecule has 1 aromatic rings. The van der Waals surface area contributed by atoms with Crippen molar-refractivity contribution in [2.45, 2.75) is 12.8 Å². The number of fused-ring (bicyclic) bond motifs is 1. The second kappa shape index (κ2) is 6.61. The predicted octanol–water partition coefficient (Wildman–Crippen LogP) is 2.23. The van der Waals surface area contributed by atoms with E-state index in [0.29, 0.717) is 17.1 Å². The van der Waals surface area contributed by atoms with Crippen LogP contribution in [-0.4, -0.2) is 19.4 Å². The number of allylic oxidation sites excluding steroid dienone is 2. The van der Waals surface area contributed by atoms with Crippen molar-refractivity contribution < 1.29 is 23.7 Å². The van der Waals surface area contributed by atoms with Gasteiger partial charge in [0.1, 0.15) is 24.0 Å². The highest BCUT2D eigenvalue weighted by atomic mass is 16.7. The number of hydrogen-bond acceptors (Lipinski definition) is 7. The summed E-state index contributed by atoms with van der Waals surface area (Å²) in [4.78, 5) is 12.5. The van der Waals surface area contributed by atoms with Gasteiger partial charge in [-0.25, -0.2) is 4.79 Å². The maximum absolute atomic E-state index is 12.5. The molecule has 0 radical (unpaired) electrons. The number of esters is 1. The summed E-state index contributed by atoms with van der Waals surface area (Å²) in [5.41, 5.74) is 6.86. The van der Waals surface area contributed by atoms with Gasteiger partial charge in [-0.2, -0.15) is 5.26 Å². The van der Waals surface area contributed by atoms with Gasteiger partial charge in [-0.05, 0) is 24.6 Å². The van der Waals surface area contributed by atoms with Crippen LogP contribution in [0.25, 0.3) is 0 Å². The molecule has 2 N–H and O–H groups in total. The third-order valence-corrected chi connectivity index (χ3v) is 3.89. The number of benzene rings is 1. The summed E-state index contributed by atoms with van der Waals surface area (Å²) in [6.07, 6.45) is 1.46. The Morgan fingerprint density at radius 1 is 1.48 bits per heavy atom. The quantitative estimate of drug-likeness (QED) is 0.662. The maximum Gasteiger partial charge on any atom is 0.338 e. The zero-order valence-electron chi connectivity index (χ0n) is 13.6. The fraction of sp³-hybridized carbons (Fsp3) is 0.222. The van der Waals surface area contributed by atoms with E-state index in [4.69, 9.17) is 24.7 Å². The molecular weight excluding hydrogens is 324 g/mol. The van der Waals surface area contributed by atoms with Crippen molar-refractivity contribution in [1.82, 2.24) is 0 Å². The Kier molecular flexibility index (Phi) is 4.35. The molecule has 25 heavy (non-hydrogen) atoms. The van der Waals surface area contributed by atoms with Gasteiger partial charge < -0.3 is 24.7 Å². The first-order chi connectivity index (χ1) is 12.1. The largest absolute Gasteiger partial charge is 0.458 e. The number of ether oxygens (including phenoxy) is 4. The Bertz CT molecular complexity index is 848. The maximum atomic E-state index is 12.5. The highest BCUT2D eigenvalue weighted by Gasteiger charge is 2.37. The van der Waals surface area contributed by atoms with Crippen LogP contribution in [0.5, 0.6) is 11.5 Å². The van der Waals surface area contributed by atoms with Crippen LogP contribution in [0.15, 0.2) is 53.6 Å². The molecule has 0 fully saturated rings. The average molecular weight is 340 g/mol.